The van der Waals surface area contributed by atoms with Crippen molar-refractivity contribution in [1.29, 1.82) is 0 Å². The van der Waals surface area contributed by atoms with E-state index in [9.17, 15) is 19.6 Å². The summed E-state index contributed by atoms with van der Waals surface area (Å²) in [5.41, 5.74) is 7.16. The smallest absolute Gasteiger partial charge is 0.432 e. The van der Waals surface area contributed by atoms with Crippen molar-refractivity contribution in [2.75, 3.05) is 25.4 Å². The number of hydrogen-bond donors (Lipinski definition) is 3. The summed E-state index contributed by atoms with van der Waals surface area (Å²) in [6.45, 7) is 6.13. The van der Waals surface area contributed by atoms with E-state index in [1.807, 2.05) is 38.1 Å². The maximum atomic E-state index is 13.2. The predicted octanol–water partition coefficient (Wildman–Crippen LogP) is 3.17. The summed E-state index contributed by atoms with van der Waals surface area (Å²) in [6, 6.07) is 6.76. The third-order valence-electron chi connectivity index (χ3n) is 5.35. The largest absolute Gasteiger partial charge is 0.616 e. The van der Waals surface area contributed by atoms with Crippen molar-refractivity contribution in [3.05, 3.63) is 46.6 Å². The molecule has 4 N–H and O–H groups in total. The van der Waals surface area contributed by atoms with E-state index in [1.54, 1.807) is 6.92 Å². The van der Waals surface area contributed by atoms with Crippen LogP contribution in [0.4, 0.5) is 4.79 Å². The van der Waals surface area contributed by atoms with Crippen LogP contribution in [0.25, 0.3) is 0 Å². The Kier molecular flexibility index (Phi) is 9.11. The number of aliphatic carboxylic acids is 1. The van der Waals surface area contributed by atoms with E-state index < -0.39 is 22.6 Å². The number of hydroxylamine groups is 3. The van der Waals surface area contributed by atoms with Crippen LogP contribution >= 0.6 is 11.8 Å². The standard InChI is InChI=1S/C22H32N4O5S/c1-4-11-25-20(23)19(21(29)26(31,12-5-2)22(25)30)24-13-15(6-3)16-7-9-17(10-8-16)32-14-18(27)28/h7-10,15,24H,4-6,11-14,23H2,1-3H3,(H,27,28). The fraction of sp³-hybridized carbons (Fsp3) is 0.500. The Morgan fingerprint density at radius 3 is 2.41 bits per heavy atom. The highest BCUT2D eigenvalue weighted by atomic mass is 32.2. The maximum Gasteiger partial charge on any atom is 0.432 e. The van der Waals surface area contributed by atoms with Crippen LogP contribution in [0.1, 0.15) is 51.5 Å². The molecule has 0 spiro atoms. The number of thioether (sulfide) groups is 1. The second kappa shape index (κ2) is 11.3. The van der Waals surface area contributed by atoms with Gasteiger partial charge in [0.1, 0.15) is 5.82 Å². The lowest BCUT2D eigenvalue weighted by Crippen LogP contribution is -2.64. The quantitative estimate of drug-likeness (QED) is 0.244. The van der Waals surface area contributed by atoms with Gasteiger partial charge in [-0.15, -0.1) is 11.8 Å². The van der Waals surface area contributed by atoms with Gasteiger partial charge in [0.2, 0.25) is 0 Å². The molecule has 32 heavy (non-hydrogen) atoms. The highest BCUT2D eigenvalue weighted by Gasteiger charge is 2.48. The van der Waals surface area contributed by atoms with Gasteiger partial charge < -0.3 is 21.4 Å². The minimum Gasteiger partial charge on any atom is -0.616 e. The van der Waals surface area contributed by atoms with Crippen molar-refractivity contribution >= 4 is 29.7 Å². The first-order chi connectivity index (χ1) is 15.2. The molecule has 2 atom stereocenters. The molecule has 0 radical (unpaired) electrons. The van der Waals surface area contributed by atoms with E-state index in [2.05, 4.69) is 5.32 Å². The van der Waals surface area contributed by atoms with Gasteiger partial charge in [0, 0.05) is 23.9 Å². The Labute approximate surface area is 192 Å². The zero-order chi connectivity index (χ0) is 23.9. The van der Waals surface area contributed by atoms with Crippen LogP contribution in [0.2, 0.25) is 0 Å². The van der Waals surface area contributed by atoms with Gasteiger partial charge in [-0.05, 0) is 37.0 Å². The van der Waals surface area contributed by atoms with Crippen LogP contribution in [0.15, 0.2) is 40.7 Å². The third-order valence-corrected chi connectivity index (χ3v) is 6.34. The Morgan fingerprint density at radius 2 is 1.88 bits per heavy atom. The SMILES string of the molecule is CCCN1C(=O)[N+]([O-])(CCC)C(=O)C(NCC(CC)c2ccc(SCC(=O)O)cc2)=C1N. The number of nitrogens with one attached hydrogen (secondary N) is 1. The monoisotopic (exact) mass is 464 g/mol. The zero-order valence-electron chi connectivity index (χ0n) is 18.8. The van der Waals surface area contributed by atoms with Crippen LogP contribution < -0.4 is 11.1 Å². The van der Waals surface area contributed by atoms with Gasteiger partial charge in [0.25, 0.3) is 0 Å². The number of carboxylic acids is 1. The number of benzene rings is 1. The van der Waals surface area contributed by atoms with E-state index >= 15 is 0 Å². The number of carbonyl (C=O) groups excluding carboxylic acids is 2. The first-order valence-electron chi connectivity index (χ1n) is 10.8. The Balaban J connectivity index is 2.22. The van der Waals surface area contributed by atoms with Crippen LogP contribution in [0.5, 0.6) is 0 Å². The Hall–Kier alpha value is -2.56. The molecule has 2 unspecified atom stereocenters. The normalized spacial score (nSPS) is 19.9. The van der Waals surface area contributed by atoms with Crippen LogP contribution in [0.3, 0.4) is 0 Å². The first kappa shape index (κ1) is 25.7. The molecule has 176 valence electrons. The summed E-state index contributed by atoms with van der Waals surface area (Å²) in [6.07, 6.45) is 1.75. The van der Waals surface area contributed by atoms with E-state index in [0.717, 1.165) is 16.9 Å². The molecule has 0 aromatic heterocycles. The summed E-state index contributed by atoms with van der Waals surface area (Å²) in [5.74, 6) is -1.70. The number of hydrogen-bond acceptors (Lipinski definition) is 7. The molecule has 3 amide bonds. The number of imide groups is 1. The molecule has 10 heteroatoms. The number of carboxylic acid groups (broad SMARTS) is 1. The van der Waals surface area contributed by atoms with E-state index in [1.165, 1.54) is 16.7 Å². The van der Waals surface area contributed by atoms with Crippen molar-refractivity contribution in [3.63, 3.8) is 0 Å². The molecule has 0 bridgehead atoms. The van der Waals surface area contributed by atoms with Crippen LogP contribution in [-0.4, -0.2) is 57.9 Å². The fourth-order valence-corrected chi connectivity index (χ4v) is 4.25. The molecular weight excluding hydrogens is 432 g/mol. The van der Waals surface area contributed by atoms with Crippen molar-refractivity contribution in [2.45, 2.75) is 50.8 Å². The number of nitrogens with zero attached hydrogens (tertiary/aromatic N) is 2. The molecule has 0 saturated heterocycles. The highest BCUT2D eigenvalue weighted by molar-refractivity contribution is 8.00. The van der Waals surface area contributed by atoms with Crippen LogP contribution in [-0.2, 0) is 9.59 Å². The average Bonchev–Trinajstić information content (AvgIpc) is 2.77. The van der Waals surface area contributed by atoms with Crippen molar-refractivity contribution in [3.8, 4) is 0 Å². The number of urea groups is 1. The van der Waals surface area contributed by atoms with Crippen molar-refractivity contribution in [2.24, 2.45) is 5.73 Å². The molecule has 0 saturated carbocycles. The number of carbonyl (C=O) groups is 3. The van der Waals surface area contributed by atoms with Crippen molar-refractivity contribution in [1.82, 2.24) is 10.2 Å². The van der Waals surface area contributed by atoms with Gasteiger partial charge in [-0.3, -0.25) is 4.79 Å². The molecule has 1 aliphatic rings. The second-order valence-corrected chi connectivity index (χ2v) is 8.75. The lowest BCUT2D eigenvalue weighted by Gasteiger charge is -2.43. The van der Waals surface area contributed by atoms with Crippen LogP contribution in [0, 0.1) is 5.21 Å². The maximum absolute atomic E-state index is 13.2. The summed E-state index contributed by atoms with van der Waals surface area (Å²) < 4.78 is -1.56. The number of amides is 3. The molecule has 9 nitrogen and oxygen atoms in total. The Morgan fingerprint density at radius 1 is 1.22 bits per heavy atom. The third kappa shape index (κ3) is 5.62. The Bertz CT molecular complexity index is 874. The minimum atomic E-state index is -1.56. The van der Waals surface area contributed by atoms with Gasteiger partial charge in [0.15, 0.2) is 5.70 Å². The van der Waals surface area contributed by atoms with Gasteiger partial charge >= 0.3 is 17.9 Å². The second-order valence-electron chi connectivity index (χ2n) is 7.70. The molecule has 1 aromatic rings. The molecule has 0 fully saturated rings. The van der Waals surface area contributed by atoms with Gasteiger partial charge in [-0.2, -0.15) is 0 Å². The fourth-order valence-electron chi connectivity index (χ4n) is 3.63. The minimum absolute atomic E-state index is 0.00201. The van der Waals surface area contributed by atoms with E-state index in [0.29, 0.717) is 19.4 Å². The van der Waals surface area contributed by atoms with E-state index in [4.69, 9.17) is 10.8 Å². The highest BCUT2D eigenvalue weighted by Crippen LogP contribution is 2.27. The summed E-state index contributed by atoms with van der Waals surface area (Å²) in [5, 5.41) is 25.1. The van der Waals surface area contributed by atoms with Gasteiger partial charge in [-0.25, -0.2) is 19.1 Å². The van der Waals surface area contributed by atoms with Gasteiger partial charge in [0.05, 0.1) is 12.3 Å². The summed E-state index contributed by atoms with van der Waals surface area (Å²) in [7, 11) is 0. The number of rotatable bonds is 12. The van der Waals surface area contributed by atoms with Gasteiger partial charge in [-0.1, -0.05) is 32.9 Å². The average molecular weight is 465 g/mol. The topological polar surface area (TPSA) is 136 Å². The number of quaternary nitrogens is 1. The van der Waals surface area contributed by atoms with Crippen molar-refractivity contribution < 1.29 is 24.1 Å². The predicted molar refractivity (Wildman–Crippen MR) is 123 cm³/mol. The molecule has 1 aromatic carbocycles. The number of nitrogens with two attached hydrogens (primary N) is 1. The van der Waals surface area contributed by atoms with E-state index in [-0.39, 0.29) is 36.3 Å². The summed E-state index contributed by atoms with van der Waals surface area (Å²) in [4.78, 5) is 38.5. The molecule has 0 aliphatic carbocycles. The molecular formula is C22H32N4O5S. The molecule has 2 rings (SSSR count). The first-order valence-corrected chi connectivity index (χ1v) is 11.8. The molecule has 1 heterocycles. The lowest BCUT2D eigenvalue weighted by molar-refractivity contribution is -0.723. The molecule has 1 aliphatic heterocycles. The summed E-state index contributed by atoms with van der Waals surface area (Å²) >= 11 is 1.24. The lowest BCUT2D eigenvalue weighted by atomic mass is 9.96. The zero-order valence-corrected chi connectivity index (χ0v) is 19.6.